The SMILES string of the molecule is CCC(C)C(NC(=O)C(Cc1ccc(O)cc1)NC(=O)C(NC(=O)C1CCCN1)C(C)C)C(=O)O. The zero-order valence-corrected chi connectivity index (χ0v) is 20.8. The van der Waals surface area contributed by atoms with Gasteiger partial charge in [0.2, 0.25) is 17.7 Å². The Morgan fingerprint density at radius 2 is 1.66 bits per heavy atom. The highest BCUT2D eigenvalue weighted by Gasteiger charge is 2.33. The van der Waals surface area contributed by atoms with Gasteiger partial charge in [0.1, 0.15) is 23.9 Å². The Hall–Kier alpha value is -3.14. The number of aliphatic carboxylic acids is 1. The molecule has 0 radical (unpaired) electrons. The first-order chi connectivity index (χ1) is 16.5. The van der Waals surface area contributed by atoms with Crippen LogP contribution in [0.3, 0.4) is 0 Å². The number of rotatable bonds is 12. The Labute approximate surface area is 206 Å². The van der Waals surface area contributed by atoms with Crippen molar-refractivity contribution in [3.63, 3.8) is 0 Å². The Morgan fingerprint density at radius 1 is 1.00 bits per heavy atom. The van der Waals surface area contributed by atoms with Crippen molar-refractivity contribution in [2.24, 2.45) is 11.8 Å². The monoisotopic (exact) mass is 490 g/mol. The third kappa shape index (κ3) is 8.24. The predicted molar refractivity (Wildman–Crippen MR) is 131 cm³/mol. The van der Waals surface area contributed by atoms with Crippen molar-refractivity contribution in [2.45, 2.75) is 77.5 Å². The van der Waals surface area contributed by atoms with Crippen molar-refractivity contribution in [3.8, 4) is 5.75 Å². The molecule has 1 heterocycles. The number of carboxylic acid groups (broad SMARTS) is 1. The summed E-state index contributed by atoms with van der Waals surface area (Å²) in [4.78, 5) is 50.7. The van der Waals surface area contributed by atoms with E-state index in [0.29, 0.717) is 18.4 Å². The van der Waals surface area contributed by atoms with E-state index >= 15 is 0 Å². The first-order valence-electron chi connectivity index (χ1n) is 12.2. The molecule has 10 heteroatoms. The molecule has 1 aromatic rings. The molecule has 10 nitrogen and oxygen atoms in total. The Bertz CT molecular complexity index is 882. The summed E-state index contributed by atoms with van der Waals surface area (Å²) in [5, 5.41) is 30.3. The molecule has 194 valence electrons. The zero-order valence-electron chi connectivity index (χ0n) is 20.8. The number of hydrogen-bond acceptors (Lipinski definition) is 6. The van der Waals surface area contributed by atoms with Crippen LogP contribution < -0.4 is 21.3 Å². The second-order valence-corrected chi connectivity index (χ2v) is 9.52. The largest absolute Gasteiger partial charge is 0.508 e. The molecule has 1 fully saturated rings. The summed E-state index contributed by atoms with van der Waals surface area (Å²) in [6.07, 6.45) is 2.19. The van der Waals surface area contributed by atoms with Gasteiger partial charge in [0.25, 0.3) is 0 Å². The summed E-state index contributed by atoms with van der Waals surface area (Å²) in [7, 11) is 0. The van der Waals surface area contributed by atoms with Crippen molar-refractivity contribution in [2.75, 3.05) is 6.54 Å². The van der Waals surface area contributed by atoms with E-state index in [1.165, 1.54) is 12.1 Å². The van der Waals surface area contributed by atoms with E-state index < -0.39 is 35.9 Å². The lowest BCUT2D eigenvalue weighted by Gasteiger charge is -2.28. The van der Waals surface area contributed by atoms with Crippen LogP contribution in [0.5, 0.6) is 5.75 Å². The Balaban J connectivity index is 2.22. The summed E-state index contributed by atoms with van der Waals surface area (Å²) in [6.45, 7) is 7.90. The number of phenols is 1. The molecular formula is C25H38N4O6. The molecular weight excluding hydrogens is 452 g/mol. The maximum absolute atomic E-state index is 13.2. The van der Waals surface area contributed by atoms with Crippen LogP contribution in [0, 0.1) is 11.8 Å². The van der Waals surface area contributed by atoms with Crippen molar-refractivity contribution >= 4 is 23.7 Å². The van der Waals surface area contributed by atoms with Crippen LogP contribution in [-0.2, 0) is 25.6 Å². The molecule has 3 amide bonds. The minimum atomic E-state index is -1.15. The lowest BCUT2D eigenvalue weighted by Crippen LogP contribution is -2.59. The van der Waals surface area contributed by atoms with Gasteiger partial charge >= 0.3 is 5.97 Å². The maximum Gasteiger partial charge on any atom is 0.326 e. The quantitative estimate of drug-likeness (QED) is 0.254. The van der Waals surface area contributed by atoms with Crippen LogP contribution in [0.25, 0.3) is 0 Å². The normalized spacial score (nSPS) is 18.8. The minimum absolute atomic E-state index is 0.0598. The van der Waals surface area contributed by atoms with Gasteiger partial charge in [-0.2, -0.15) is 0 Å². The Kier molecular flexibility index (Phi) is 10.5. The molecule has 0 aromatic heterocycles. The van der Waals surface area contributed by atoms with E-state index in [1.807, 2.05) is 6.92 Å². The molecule has 35 heavy (non-hydrogen) atoms. The molecule has 0 aliphatic carbocycles. The smallest absolute Gasteiger partial charge is 0.326 e. The van der Waals surface area contributed by atoms with Gasteiger partial charge in [0.15, 0.2) is 0 Å². The molecule has 0 spiro atoms. The molecule has 1 aliphatic rings. The lowest BCUT2D eigenvalue weighted by atomic mass is 9.97. The predicted octanol–water partition coefficient (Wildman–Crippen LogP) is 0.928. The van der Waals surface area contributed by atoms with E-state index in [2.05, 4.69) is 21.3 Å². The first kappa shape index (κ1) is 28.1. The molecule has 0 bridgehead atoms. The number of carboxylic acids is 1. The fraction of sp³-hybridized carbons (Fsp3) is 0.600. The van der Waals surface area contributed by atoms with Gasteiger partial charge in [-0.15, -0.1) is 0 Å². The van der Waals surface area contributed by atoms with Crippen LogP contribution in [0.4, 0.5) is 0 Å². The number of amides is 3. The summed E-state index contributed by atoms with van der Waals surface area (Å²) < 4.78 is 0. The minimum Gasteiger partial charge on any atom is -0.508 e. The average molecular weight is 491 g/mol. The molecule has 5 unspecified atom stereocenters. The van der Waals surface area contributed by atoms with Crippen LogP contribution in [0.1, 0.15) is 52.5 Å². The summed E-state index contributed by atoms with van der Waals surface area (Å²) in [5.41, 5.74) is 0.666. The van der Waals surface area contributed by atoms with Crippen LogP contribution >= 0.6 is 0 Å². The molecule has 2 rings (SSSR count). The number of nitrogens with one attached hydrogen (secondary N) is 4. The van der Waals surface area contributed by atoms with Gasteiger partial charge < -0.3 is 31.5 Å². The number of aromatic hydroxyl groups is 1. The highest BCUT2D eigenvalue weighted by atomic mass is 16.4. The van der Waals surface area contributed by atoms with E-state index in [4.69, 9.17) is 0 Å². The van der Waals surface area contributed by atoms with Crippen molar-refractivity contribution < 1.29 is 29.4 Å². The fourth-order valence-electron chi connectivity index (χ4n) is 3.97. The third-order valence-electron chi connectivity index (χ3n) is 6.41. The first-order valence-corrected chi connectivity index (χ1v) is 12.2. The second kappa shape index (κ2) is 13.1. The number of benzene rings is 1. The van der Waals surface area contributed by atoms with Gasteiger partial charge in [-0.25, -0.2) is 4.79 Å². The van der Waals surface area contributed by atoms with E-state index in [1.54, 1.807) is 32.9 Å². The average Bonchev–Trinajstić information content (AvgIpc) is 3.35. The van der Waals surface area contributed by atoms with Gasteiger partial charge in [-0.3, -0.25) is 14.4 Å². The van der Waals surface area contributed by atoms with Gasteiger partial charge in [0, 0.05) is 6.42 Å². The van der Waals surface area contributed by atoms with E-state index in [-0.39, 0.29) is 36.0 Å². The van der Waals surface area contributed by atoms with Gasteiger partial charge in [-0.05, 0) is 48.9 Å². The standard InChI is InChI=1S/C25H38N4O6/c1-5-15(4)21(25(34)35)29-23(32)19(13-16-8-10-17(30)11-9-16)27-24(33)20(14(2)3)28-22(31)18-7-6-12-26-18/h8-11,14-15,18-21,26,30H,5-7,12-13H2,1-4H3,(H,27,33)(H,28,31)(H,29,32)(H,34,35). The summed E-state index contributed by atoms with van der Waals surface area (Å²) in [6, 6.07) is 2.77. The topological polar surface area (TPSA) is 157 Å². The number of phenolic OH excluding ortho intramolecular Hbond substituents is 1. The number of carbonyl (C=O) groups excluding carboxylic acids is 3. The van der Waals surface area contributed by atoms with E-state index in [9.17, 15) is 29.4 Å². The highest BCUT2D eigenvalue weighted by Crippen LogP contribution is 2.14. The van der Waals surface area contributed by atoms with Gasteiger partial charge in [-0.1, -0.05) is 46.2 Å². The molecule has 6 N–H and O–H groups in total. The van der Waals surface area contributed by atoms with Crippen LogP contribution in [0.15, 0.2) is 24.3 Å². The molecule has 1 saturated heterocycles. The third-order valence-corrected chi connectivity index (χ3v) is 6.41. The number of hydrogen-bond donors (Lipinski definition) is 6. The summed E-state index contributed by atoms with van der Waals surface area (Å²) in [5.74, 6) is -3.08. The molecule has 0 saturated carbocycles. The fourth-order valence-corrected chi connectivity index (χ4v) is 3.97. The van der Waals surface area contributed by atoms with Crippen molar-refractivity contribution in [3.05, 3.63) is 29.8 Å². The maximum atomic E-state index is 13.2. The molecule has 1 aliphatic heterocycles. The zero-order chi connectivity index (χ0) is 26.1. The van der Waals surface area contributed by atoms with Crippen molar-refractivity contribution in [1.82, 2.24) is 21.3 Å². The van der Waals surface area contributed by atoms with E-state index in [0.717, 1.165) is 13.0 Å². The van der Waals surface area contributed by atoms with Crippen LogP contribution in [0.2, 0.25) is 0 Å². The molecule has 5 atom stereocenters. The van der Waals surface area contributed by atoms with Crippen molar-refractivity contribution in [1.29, 1.82) is 0 Å². The Morgan fingerprint density at radius 3 is 2.17 bits per heavy atom. The second-order valence-electron chi connectivity index (χ2n) is 9.52. The molecule has 1 aromatic carbocycles. The lowest BCUT2D eigenvalue weighted by molar-refractivity contribution is -0.143. The van der Waals surface area contributed by atoms with Crippen LogP contribution in [-0.4, -0.2) is 64.6 Å². The number of carbonyl (C=O) groups is 4. The van der Waals surface area contributed by atoms with Gasteiger partial charge in [0.05, 0.1) is 6.04 Å². The summed E-state index contributed by atoms with van der Waals surface area (Å²) >= 11 is 0. The highest BCUT2D eigenvalue weighted by molar-refractivity contribution is 5.94.